The first kappa shape index (κ1) is 20.6. The molecule has 1 aromatic carbocycles. The van der Waals surface area contributed by atoms with Gasteiger partial charge in [-0.3, -0.25) is 20.2 Å². The first-order valence-electron chi connectivity index (χ1n) is 8.54. The van der Waals surface area contributed by atoms with Gasteiger partial charge >= 0.3 is 12.0 Å². The summed E-state index contributed by atoms with van der Waals surface area (Å²) in [7, 11) is 0. The summed E-state index contributed by atoms with van der Waals surface area (Å²) >= 11 is 5.86. The number of non-ortho nitro benzene ring substituents is 1. The summed E-state index contributed by atoms with van der Waals surface area (Å²) < 4.78 is 4.97. The number of nitro groups is 1. The average molecular weight is 398 g/mol. The smallest absolute Gasteiger partial charge is 0.340 e. The number of nitrogens with zero attached hydrogens (tertiary/aromatic N) is 1. The number of carbonyl (C=O) groups excluding carboxylic acids is 3. The molecule has 10 heteroatoms. The Morgan fingerprint density at radius 2 is 1.93 bits per heavy atom. The van der Waals surface area contributed by atoms with E-state index in [0.29, 0.717) is 0 Å². The van der Waals surface area contributed by atoms with Crippen LogP contribution in [0.25, 0.3) is 0 Å². The lowest BCUT2D eigenvalue weighted by Crippen LogP contribution is -2.48. The molecule has 2 rings (SSSR count). The molecule has 0 heterocycles. The van der Waals surface area contributed by atoms with E-state index in [0.717, 1.165) is 44.2 Å². The zero-order valence-corrected chi connectivity index (χ0v) is 15.5. The second-order valence-corrected chi connectivity index (χ2v) is 6.67. The topological polar surface area (TPSA) is 128 Å². The van der Waals surface area contributed by atoms with Gasteiger partial charge < -0.3 is 10.1 Å². The minimum atomic E-state index is -1.29. The van der Waals surface area contributed by atoms with Gasteiger partial charge in [0.05, 0.1) is 15.5 Å². The van der Waals surface area contributed by atoms with Crippen LogP contribution in [0.1, 0.15) is 49.4 Å². The first-order valence-corrected chi connectivity index (χ1v) is 8.92. The average Bonchev–Trinajstić information content (AvgIpc) is 2.62. The molecule has 0 aromatic heterocycles. The molecule has 9 nitrogen and oxygen atoms in total. The maximum atomic E-state index is 12.1. The number of rotatable bonds is 5. The summed E-state index contributed by atoms with van der Waals surface area (Å²) in [6, 6.07) is 2.67. The van der Waals surface area contributed by atoms with Crippen molar-refractivity contribution in [3.8, 4) is 0 Å². The zero-order chi connectivity index (χ0) is 20.0. The number of urea groups is 1. The number of benzene rings is 1. The van der Waals surface area contributed by atoms with E-state index >= 15 is 0 Å². The number of hydrogen-bond donors (Lipinski definition) is 2. The highest BCUT2D eigenvalue weighted by Crippen LogP contribution is 2.23. The Morgan fingerprint density at radius 1 is 1.26 bits per heavy atom. The molecular weight excluding hydrogens is 378 g/mol. The summed E-state index contributed by atoms with van der Waals surface area (Å²) in [6.45, 7) is 1.28. The summed E-state index contributed by atoms with van der Waals surface area (Å²) in [4.78, 5) is 46.2. The number of amides is 3. The van der Waals surface area contributed by atoms with Crippen LogP contribution in [-0.2, 0) is 9.53 Å². The fourth-order valence-electron chi connectivity index (χ4n) is 2.74. The number of imide groups is 1. The first-order chi connectivity index (χ1) is 12.8. The van der Waals surface area contributed by atoms with Crippen LogP contribution in [0, 0.1) is 10.1 Å². The van der Waals surface area contributed by atoms with Crippen molar-refractivity contribution in [2.75, 3.05) is 0 Å². The molecule has 0 unspecified atom stereocenters. The van der Waals surface area contributed by atoms with E-state index < -0.39 is 28.9 Å². The second-order valence-electron chi connectivity index (χ2n) is 6.27. The largest absolute Gasteiger partial charge is 0.449 e. The molecule has 1 atom stereocenters. The van der Waals surface area contributed by atoms with Gasteiger partial charge in [-0.2, -0.15) is 0 Å². The van der Waals surface area contributed by atoms with Crippen LogP contribution in [0.2, 0.25) is 5.02 Å². The van der Waals surface area contributed by atoms with E-state index in [1.54, 1.807) is 0 Å². The van der Waals surface area contributed by atoms with Gasteiger partial charge in [-0.05, 0) is 25.8 Å². The van der Waals surface area contributed by atoms with Gasteiger partial charge in [0.2, 0.25) is 0 Å². The van der Waals surface area contributed by atoms with Crippen LogP contribution in [0.4, 0.5) is 10.5 Å². The number of ether oxygens (including phenoxy) is 1. The zero-order valence-electron chi connectivity index (χ0n) is 14.7. The normalized spacial score (nSPS) is 15.5. The van der Waals surface area contributed by atoms with E-state index in [1.807, 2.05) is 0 Å². The third-order valence-corrected chi connectivity index (χ3v) is 4.54. The lowest BCUT2D eigenvalue weighted by atomic mass is 9.96. The van der Waals surface area contributed by atoms with Crippen LogP contribution < -0.4 is 10.6 Å². The Kier molecular flexibility index (Phi) is 7.12. The molecule has 0 bridgehead atoms. The van der Waals surface area contributed by atoms with Gasteiger partial charge in [0.15, 0.2) is 6.10 Å². The van der Waals surface area contributed by atoms with E-state index in [9.17, 15) is 24.5 Å². The number of halogens is 1. The van der Waals surface area contributed by atoms with Crippen molar-refractivity contribution >= 4 is 35.2 Å². The van der Waals surface area contributed by atoms with E-state index in [-0.39, 0.29) is 22.3 Å². The number of hydrogen-bond acceptors (Lipinski definition) is 6. The standard InChI is InChI=1S/C17H20ClN3O6/c1-10(15(22)20-17(24)19-11-5-3-2-4-6-11)27-16(23)13-9-12(21(25)26)7-8-14(13)18/h7-11H,2-6H2,1H3,(H2,19,20,22,24)/t10-/m1/s1. The third kappa shape index (κ3) is 5.92. The van der Waals surface area contributed by atoms with Crippen molar-refractivity contribution in [2.45, 2.75) is 51.2 Å². The molecule has 2 N–H and O–H groups in total. The second kappa shape index (κ2) is 9.31. The maximum absolute atomic E-state index is 12.1. The van der Waals surface area contributed by atoms with Gasteiger partial charge in [0, 0.05) is 18.2 Å². The molecule has 0 aliphatic heterocycles. The Morgan fingerprint density at radius 3 is 2.56 bits per heavy atom. The maximum Gasteiger partial charge on any atom is 0.340 e. The van der Waals surface area contributed by atoms with Crippen molar-refractivity contribution in [3.05, 3.63) is 38.9 Å². The summed E-state index contributed by atoms with van der Waals surface area (Å²) in [5.41, 5.74) is -0.576. The lowest BCUT2D eigenvalue weighted by Gasteiger charge is -2.23. The fourth-order valence-corrected chi connectivity index (χ4v) is 2.94. The van der Waals surface area contributed by atoms with Crippen molar-refractivity contribution in [2.24, 2.45) is 0 Å². The minimum Gasteiger partial charge on any atom is -0.449 e. The molecule has 27 heavy (non-hydrogen) atoms. The Labute approximate surface area is 160 Å². The van der Waals surface area contributed by atoms with Crippen LogP contribution in [0.5, 0.6) is 0 Å². The Hall–Kier alpha value is -2.68. The molecule has 1 aliphatic rings. The number of esters is 1. The van der Waals surface area contributed by atoms with E-state index in [1.165, 1.54) is 13.0 Å². The van der Waals surface area contributed by atoms with Crippen molar-refractivity contribution in [1.82, 2.24) is 10.6 Å². The van der Waals surface area contributed by atoms with Gasteiger partial charge in [-0.25, -0.2) is 9.59 Å². The molecule has 1 fully saturated rings. The quantitative estimate of drug-likeness (QED) is 0.446. The molecule has 0 radical (unpaired) electrons. The van der Waals surface area contributed by atoms with Crippen molar-refractivity contribution in [1.29, 1.82) is 0 Å². The lowest BCUT2D eigenvalue weighted by molar-refractivity contribution is -0.384. The van der Waals surface area contributed by atoms with Crippen LogP contribution in [0.15, 0.2) is 18.2 Å². The summed E-state index contributed by atoms with van der Waals surface area (Å²) in [5, 5.41) is 15.6. The molecule has 0 saturated heterocycles. The Bertz CT molecular complexity index is 748. The minimum absolute atomic E-state index is 0.0214. The van der Waals surface area contributed by atoms with Crippen molar-refractivity contribution in [3.63, 3.8) is 0 Å². The van der Waals surface area contributed by atoms with Crippen LogP contribution in [-0.4, -0.2) is 35.0 Å². The third-order valence-electron chi connectivity index (χ3n) is 4.21. The molecule has 0 spiro atoms. The summed E-state index contributed by atoms with van der Waals surface area (Å²) in [6.07, 6.45) is 3.61. The van der Waals surface area contributed by atoms with Crippen molar-refractivity contribution < 1.29 is 24.0 Å². The molecule has 3 amide bonds. The van der Waals surface area contributed by atoms with Gasteiger partial charge in [0.25, 0.3) is 11.6 Å². The van der Waals surface area contributed by atoms with Crippen LogP contribution in [0.3, 0.4) is 0 Å². The Balaban J connectivity index is 1.91. The highest BCUT2D eigenvalue weighted by atomic mass is 35.5. The number of nitro benzene ring substituents is 1. The number of carbonyl (C=O) groups is 3. The molecule has 1 aromatic rings. The highest BCUT2D eigenvalue weighted by molar-refractivity contribution is 6.33. The van der Waals surface area contributed by atoms with E-state index in [4.69, 9.17) is 16.3 Å². The number of nitrogens with one attached hydrogen (secondary N) is 2. The molecule has 1 saturated carbocycles. The van der Waals surface area contributed by atoms with E-state index in [2.05, 4.69) is 10.6 Å². The molecular formula is C17H20ClN3O6. The van der Waals surface area contributed by atoms with Gasteiger partial charge in [-0.1, -0.05) is 30.9 Å². The molecule has 146 valence electrons. The predicted octanol–water partition coefficient (Wildman–Crippen LogP) is 2.95. The van der Waals surface area contributed by atoms with Gasteiger partial charge in [0.1, 0.15) is 0 Å². The van der Waals surface area contributed by atoms with Gasteiger partial charge in [-0.15, -0.1) is 0 Å². The van der Waals surface area contributed by atoms with Crippen LogP contribution >= 0.6 is 11.6 Å². The molecule has 1 aliphatic carbocycles. The monoisotopic (exact) mass is 397 g/mol. The highest BCUT2D eigenvalue weighted by Gasteiger charge is 2.24. The summed E-state index contributed by atoms with van der Waals surface area (Å²) in [5.74, 6) is -1.81. The predicted molar refractivity (Wildman–Crippen MR) is 96.5 cm³/mol. The SMILES string of the molecule is C[C@@H](OC(=O)c1cc([N+](=O)[O-])ccc1Cl)C(=O)NC(=O)NC1CCCCC1. The fraction of sp³-hybridized carbons (Fsp3) is 0.471.